The number of ether oxygens (including phenoxy) is 2. The predicted molar refractivity (Wildman–Crippen MR) is 110 cm³/mol. The van der Waals surface area contributed by atoms with E-state index in [1.165, 1.54) is 24.3 Å². The third-order valence-electron chi connectivity index (χ3n) is 4.88. The number of hydrogen-bond acceptors (Lipinski definition) is 7. The van der Waals surface area contributed by atoms with Gasteiger partial charge < -0.3 is 28.8 Å². The largest absolute Gasteiger partial charge is 0.503 e. The molecule has 1 aliphatic rings. The number of benzene rings is 1. The molecule has 0 fully saturated rings. The molecule has 8 heteroatoms. The Morgan fingerprint density at radius 2 is 2.03 bits per heavy atom. The van der Waals surface area contributed by atoms with Crippen LogP contribution < -0.4 is 9.47 Å². The average Bonchev–Trinajstić information content (AvgIpc) is 3.34. The van der Waals surface area contributed by atoms with Gasteiger partial charge in [-0.05, 0) is 50.8 Å². The van der Waals surface area contributed by atoms with Crippen LogP contribution in [0.3, 0.4) is 0 Å². The summed E-state index contributed by atoms with van der Waals surface area (Å²) in [7, 11) is 5.29. The van der Waals surface area contributed by atoms with E-state index in [0.717, 1.165) is 0 Å². The first kappa shape index (κ1) is 21.4. The maximum atomic E-state index is 13.1. The number of nitrogens with zero attached hydrogens (tertiary/aromatic N) is 2. The van der Waals surface area contributed by atoms with Crippen LogP contribution in [0.25, 0.3) is 0 Å². The summed E-state index contributed by atoms with van der Waals surface area (Å²) in [6, 6.07) is 7.53. The molecule has 0 bridgehead atoms. The zero-order valence-corrected chi connectivity index (χ0v) is 17.5. The van der Waals surface area contributed by atoms with Crippen LogP contribution in [0.2, 0.25) is 0 Å². The van der Waals surface area contributed by atoms with Crippen molar-refractivity contribution in [2.45, 2.75) is 13.0 Å². The van der Waals surface area contributed by atoms with E-state index in [1.807, 2.05) is 25.9 Å². The number of rotatable bonds is 9. The van der Waals surface area contributed by atoms with E-state index < -0.39 is 23.5 Å². The Labute approximate surface area is 175 Å². The molecular formula is C22H26N2O6. The number of ketones is 1. The van der Waals surface area contributed by atoms with Crippen LogP contribution in [0.4, 0.5) is 0 Å². The lowest BCUT2D eigenvalue weighted by Gasteiger charge is -2.28. The molecule has 1 aromatic heterocycles. The number of furan rings is 1. The topological polar surface area (TPSA) is 92.5 Å². The van der Waals surface area contributed by atoms with E-state index in [2.05, 4.69) is 0 Å². The quantitative estimate of drug-likeness (QED) is 0.631. The second-order valence-corrected chi connectivity index (χ2v) is 7.12. The molecule has 2 heterocycles. The Hall–Kier alpha value is -3.26. The van der Waals surface area contributed by atoms with Gasteiger partial charge in [0.1, 0.15) is 0 Å². The molecule has 30 heavy (non-hydrogen) atoms. The number of methoxy groups -OCH3 is 1. The zero-order chi connectivity index (χ0) is 21.8. The molecule has 0 radical (unpaired) electrons. The van der Waals surface area contributed by atoms with E-state index in [4.69, 9.17) is 13.9 Å². The van der Waals surface area contributed by atoms with Crippen molar-refractivity contribution in [2.24, 2.45) is 0 Å². The lowest BCUT2D eigenvalue weighted by Crippen LogP contribution is -2.36. The second-order valence-electron chi connectivity index (χ2n) is 7.12. The van der Waals surface area contributed by atoms with Gasteiger partial charge in [0.25, 0.3) is 5.91 Å². The van der Waals surface area contributed by atoms with E-state index >= 15 is 0 Å². The van der Waals surface area contributed by atoms with Crippen LogP contribution in [0, 0.1) is 0 Å². The van der Waals surface area contributed by atoms with Crippen molar-refractivity contribution < 1.29 is 28.6 Å². The van der Waals surface area contributed by atoms with Gasteiger partial charge in [0.05, 0.1) is 31.6 Å². The van der Waals surface area contributed by atoms with Crippen molar-refractivity contribution in [1.82, 2.24) is 9.80 Å². The molecule has 1 atom stereocenters. The van der Waals surface area contributed by atoms with Gasteiger partial charge in [-0.25, -0.2) is 0 Å². The molecule has 0 saturated heterocycles. The van der Waals surface area contributed by atoms with Gasteiger partial charge in [-0.1, -0.05) is 6.07 Å². The molecule has 2 aromatic rings. The first-order valence-corrected chi connectivity index (χ1v) is 9.66. The van der Waals surface area contributed by atoms with Gasteiger partial charge in [-0.15, -0.1) is 0 Å². The van der Waals surface area contributed by atoms with Crippen LogP contribution in [0.1, 0.15) is 29.1 Å². The van der Waals surface area contributed by atoms with Crippen molar-refractivity contribution >= 4 is 11.7 Å². The number of aliphatic hydroxyl groups is 1. The lowest BCUT2D eigenvalue weighted by atomic mass is 9.94. The fourth-order valence-electron chi connectivity index (χ4n) is 3.44. The molecule has 0 unspecified atom stereocenters. The number of Topliss-reactive ketones (excluding diaryl/α,β-unsaturated/α-hetero) is 1. The molecule has 0 saturated carbocycles. The second kappa shape index (κ2) is 9.04. The first-order chi connectivity index (χ1) is 14.4. The van der Waals surface area contributed by atoms with E-state index in [9.17, 15) is 14.7 Å². The molecule has 160 valence electrons. The highest BCUT2D eigenvalue weighted by atomic mass is 16.5. The molecule has 1 N–H and O–H groups in total. The van der Waals surface area contributed by atoms with E-state index in [0.29, 0.717) is 36.8 Å². The minimum atomic E-state index is -0.778. The number of carbonyl (C=O) groups excluding carboxylic acids is 2. The van der Waals surface area contributed by atoms with Gasteiger partial charge in [-0.2, -0.15) is 0 Å². The van der Waals surface area contributed by atoms with Crippen LogP contribution in [-0.2, 0) is 4.79 Å². The van der Waals surface area contributed by atoms with Crippen molar-refractivity contribution in [3.8, 4) is 11.5 Å². The highest BCUT2D eigenvalue weighted by Crippen LogP contribution is 2.41. The van der Waals surface area contributed by atoms with Gasteiger partial charge in [-0.3, -0.25) is 9.59 Å². The van der Waals surface area contributed by atoms with Gasteiger partial charge in [0.15, 0.2) is 23.0 Å². The summed E-state index contributed by atoms with van der Waals surface area (Å²) in [6.45, 7) is 3.22. The molecule has 3 rings (SSSR count). The third-order valence-corrected chi connectivity index (χ3v) is 4.88. The van der Waals surface area contributed by atoms with Gasteiger partial charge in [0, 0.05) is 13.1 Å². The van der Waals surface area contributed by atoms with Crippen molar-refractivity contribution in [3.05, 3.63) is 59.3 Å². The van der Waals surface area contributed by atoms with Gasteiger partial charge >= 0.3 is 0 Å². The lowest BCUT2D eigenvalue weighted by molar-refractivity contribution is -0.129. The summed E-state index contributed by atoms with van der Waals surface area (Å²) in [5.41, 5.74) is 0.612. The summed E-state index contributed by atoms with van der Waals surface area (Å²) < 4.78 is 16.2. The van der Waals surface area contributed by atoms with Crippen LogP contribution in [0.15, 0.2) is 52.3 Å². The Bertz CT molecular complexity index is 949. The summed E-state index contributed by atoms with van der Waals surface area (Å²) in [4.78, 5) is 29.4. The van der Waals surface area contributed by atoms with Crippen LogP contribution in [-0.4, -0.2) is 67.5 Å². The summed E-state index contributed by atoms with van der Waals surface area (Å²) in [6.07, 6.45) is 1.38. The highest BCUT2D eigenvalue weighted by Gasteiger charge is 2.44. The molecule has 0 aliphatic carbocycles. The van der Waals surface area contributed by atoms with Crippen LogP contribution in [0.5, 0.6) is 11.5 Å². The van der Waals surface area contributed by atoms with Crippen molar-refractivity contribution in [2.75, 3.05) is 40.9 Å². The maximum absolute atomic E-state index is 13.1. The zero-order valence-electron chi connectivity index (χ0n) is 17.5. The fourth-order valence-corrected chi connectivity index (χ4v) is 3.44. The normalized spacial score (nSPS) is 16.5. The SMILES string of the molecule is CCOc1ccc([C@@H]2C(C(=O)c3ccco3)=C(O)C(=O)N2CCN(C)C)cc1OC. The monoisotopic (exact) mass is 414 g/mol. The summed E-state index contributed by atoms with van der Waals surface area (Å²) in [5.74, 6) is -0.596. The number of carbonyl (C=O) groups is 2. The Balaban J connectivity index is 2.08. The van der Waals surface area contributed by atoms with E-state index in [-0.39, 0.29) is 11.3 Å². The van der Waals surface area contributed by atoms with Gasteiger partial charge in [0.2, 0.25) is 5.78 Å². The Kier molecular flexibility index (Phi) is 6.47. The first-order valence-electron chi connectivity index (χ1n) is 9.66. The maximum Gasteiger partial charge on any atom is 0.290 e. The third kappa shape index (κ3) is 4.04. The fraction of sp³-hybridized carbons (Fsp3) is 0.364. The van der Waals surface area contributed by atoms with Crippen molar-refractivity contribution in [3.63, 3.8) is 0 Å². The molecular weight excluding hydrogens is 388 g/mol. The number of likely N-dealkylation sites (N-methyl/N-ethyl adjacent to an activating group) is 1. The van der Waals surface area contributed by atoms with Crippen LogP contribution >= 0.6 is 0 Å². The molecule has 8 nitrogen and oxygen atoms in total. The number of hydrogen-bond donors (Lipinski definition) is 1. The molecule has 1 aromatic carbocycles. The standard InChI is InChI=1S/C22H26N2O6/c1-5-29-15-9-8-14(13-17(15)28-4)19-18(20(25)16-7-6-12-30-16)21(26)22(27)24(19)11-10-23(2)3/h6-9,12-13,19,26H,5,10-11H2,1-4H3/t19-/m1/s1. The number of aliphatic hydroxyl groups excluding tert-OH is 1. The predicted octanol–water partition coefficient (Wildman–Crippen LogP) is 2.83. The summed E-state index contributed by atoms with van der Waals surface area (Å²) in [5, 5.41) is 10.6. The Morgan fingerprint density at radius 3 is 2.63 bits per heavy atom. The summed E-state index contributed by atoms with van der Waals surface area (Å²) >= 11 is 0. The molecule has 1 amide bonds. The average molecular weight is 414 g/mol. The Morgan fingerprint density at radius 1 is 1.27 bits per heavy atom. The van der Waals surface area contributed by atoms with Crippen molar-refractivity contribution in [1.29, 1.82) is 0 Å². The smallest absolute Gasteiger partial charge is 0.290 e. The number of amides is 1. The minimum Gasteiger partial charge on any atom is -0.503 e. The van der Waals surface area contributed by atoms with E-state index in [1.54, 1.807) is 24.3 Å². The molecule has 0 spiro atoms. The molecule has 1 aliphatic heterocycles. The minimum absolute atomic E-state index is 0.0140. The highest BCUT2D eigenvalue weighted by molar-refractivity contribution is 6.15.